The molecule has 0 radical (unpaired) electrons. The molecule has 3 fully saturated rings. The van der Waals surface area contributed by atoms with Gasteiger partial charge < -0.3 is 19.7 Å². The predicted molar refractivity (Wildman–Crippen MR) is 120 cm³/mol. The van der Waals surface area contributed by atoms with Crippen molar-refractivity contribution in [1.82, 2.24) is 20.0 Å². The lowest BCUT2D eigenvalue weighted by atomic mass is 10.0. The Morgan fingerprint density at radius 3 is 2.30 bits per heavy atom. The Balaban J connectivity index is 0.00000261. The van der Waals surface area contributed by atoms with Crippen LogP contribution in [0.5, 0.6) is 0 Å². The fourth-order valence-electron chi connectivity index (χ4n) is 4.14. The maximum absolute atomic E-state index is 5.50. The van der Waals surface area contributed by atoms with E-state index in [4.69, 9.17) is 14.5 Å². The van der Waals surface area contributed by atoms with Gasteiger partial charge >= 0.3 is 0 Å². The van der Waals surface area contributed by atoms with Crippen LogP contribution in [0.25, 0.3) is 0 Å². The minimum absolute atomic E-state index is 0. The molecule has 1 N–H and O–H groups in total. The summed E-state index contributed by atoms with van der Waals surface area (Å²) in [6.45, 7) is 18.2. The quantitative estimate of drug-likeness (QED) is 0.350. The number of nitrogens with one attached hydrogen (secondary N) is 1. The van der Waals surface area contributed by atoms with Crippen LogP contribution in [0.4, 0.5) is 0 Å². The summed E-state index contributed by atoms with van der Waals surface area (Å²) in [4.78, 5) is 12.6. The maximum atomic E-state index is 5.50. The van der Waals surface area contributed by atoms with Crippen LogP contribution >= 0.6 is 24.0 Å². The molecule has 8 heteroatoms. The van der Waals surface area contributed by atoms with Crippen LogP contribution in [0.2, 0.25) is 0 Å². The number of nitrogens with zero attached hydrogens (tertiary/aromatic N) is 4. The van der Waals surface area contributed by atoms with Gasteiger partial charge in [-0.2, -0.15) is 0 Å². The summed E-state index contributed by atoms with van der Waals surface area (Å²) in [5, 5.41) is 3.51. The van der Waals surface area contributed by atoms with E-state index in [1.54, 1.807) is 0 Å². The lowest BCUT2D eigenvalue weighted by Crippen LogP contribution is -2.52. The Labute approximate surface area is 181 Å². The largest absolute Gasteiger partial charge is 0.379 e. The number of halogens is 1. The van der Waals surface area contributed by atoms with E-state index in [0.717, 1.165) is 84.7 Å². The number of hydrogen-bond acceptors (Lipinski definition) is 5. The Hall–Kier alpha value is -0.160. The molecule has 3 rings (SSSR count). The zero-order chi connectivity index (χ0) is 18.4. The number of rotatable bonds is 5. The van der Waals surface area contributed by atoms with Crippen molar-refractivity contribution in [1.29, 1.82) is 0 Å². The molecular weight excluding hydrogens is 457 g/mol. The molecule has 0 aromatic heterocycles. The van der Waals surface area contributed by atoms with Gasteiger partial charge in [-0.15, -0.1) is 24.0 Å². The van der Waals surface area contributed by atoms with E-state index in [2.05, 4.69) is 40.8 Å². The number of ether oxygens (including phenoxy) is 2. The summed E-state index contributed by atoms with van der Waals surface area (Å²) < 4.78 is 11.0. The first-order valence-electron chi connectivity index (χ1n) is 10.3. The first-order valence-corrected chi connectivity index (χ1v) is 10.3. The molecule has 3 saturated heterocycles. The first kappa shape index (κ1) is 23.1. The van der Waals surface area contributed by atoms with Crippen molar-refractivity contribution < 1.29 is 9.47 Å². The SMILES string of the molecule is CCNC(=NCC(C)(C)N1CCOCC1)N1CCC(N2CCOCC2)C1.I. The summed E-state index contributed by atoms with van der Waals surface area (Å²) in [6, 6.07) is 0.634. The van der Waals surface area contributed by atoms with E-state index in [0.29, 0.717) is 6.04 Å². The normalized spacial score (nSPS) is 26.1. The second-order valence-corrected chi connectivity index (χ2v) is 8.12. The highest BCUT2D eigenvalue weighted by Gasteiger charge is 2.32. The van der Waals surface area contributed by atoms with E-state index in [-0.39, 0.29) is 29.5 Å². The molecule has 1 atom stereocenters. The molecule has 0 amide bonds. The van der Waals surface area contributed by atoms with E-state index >= 15 is 0 Å². The van der Waals surface area contributed by atoms with Gasteiger partial charge in [0.15, 0.2) is 5.96 Å². The fourth-order valence-corrected chi connectivity index (χ4v) is 4.14. The summed E-state index contributed by atoms with van der Waals surface area (Å²) in [6.07, 6.45) is 1.22. The van der Waals surface area contributed by atoms with E-state index in [9.17, 15) is 0 Å². The number of hydrogen-bond donors (Lipinski definition) is 1. The van der Waals surface area contributed by atoms with Crippen LogP contribution in [0.1, 0.15) is 27.2 Å². The summed E-state index contributed by atoms with van der Waals surface area (Å²) in [5.74, 6) is 1.07. The van der Waals surface area contributed by atoms with Crippen molar-refractivity contribution in [3.05, 3.63) is 0 Å². The third-order valence-corrected chi connectivity index (χ3v) is 5.84. The zero-order valence-corrected chi connectivity index (χ0v) is 19.6. The highest BCUT2D eigenvalue weighted by Crippen LogP contribution is 2.19. The standard InChI is InChI=1S/C19H37N5O2.HI/c1-4-20-18(21-16-19(2,3)24-9-13-26-14-10-24)23-6-5-17(15-23)22-7-11-25-12-8-22;/h17H,4-16H2,1-3H3,(H,20,21);1H. The topological polar surface area (TPSA) is 52.6 Å². The number of likely N-dealkylation sites (tertiary alicyclic amines) is 1. The minimum Gasteiger partial charge on any atom is -0.379 e. The second-order valence-electron chi connectivity index (χ2n) is 8.12. The molecule has 0 aromatic carbocycles. The lowest BCUT2D eigenvalue weighted by Gasteiger charge is -2.40. The number of guanidine groups is 1. The van der Waals surface area contributed by atoms with Crippen molar-refractivity contribution in [2.75, 3.05) is 78.8 Å². The van der Waals surface area contributed by atoms with Crippen molar-refractivity contribution in [3.8, 4) is 0 Å². The molecule has 0 aromatic rings. The second kappa shape index (κ2) is 11.1. The average molecular weight is 495 g/mol. The van der Waals surface area contributed by atoms with Gasteiger partial charge in [-0.3, -0.25) is 14.8 Å². The van der Waals surface area contributed by atoms with Gasteiger partial charge in [-0.25, -0.2) is 0 Å². The average Bonchev–Trinajstić information content (AvgIpc) is 3.16. The predicted octanol–water partition coefficient (Wildman–Crippen LogP) is 1.09. The third kappa shape index (κ3) is 6.42. The van der Waals surface area contributed by atoms with Gasteiger partial charge in [0.2, 0.25) is 0 Å². The number of aliphatic imine (C=N–C) groups is 1. The molecule has 27 heavy (non-hydrogen) atoms. The van der Waals surface area contributed by atoms with Crippen LogP contribution < -0.4 is 5.32 Å². The minimum atomic E-state index is 0. The first-order chi connectivity index (χ1) is 12.6. The van der Waals surface area contributed by atoms with Gasteiger partial charge in [-0.1, -0.05) is 0 Å². The fraction of sp³-hybridized carbons (Fsp3) is 0.947. The van der Waals surface area contributed by atoms with Gasteiger partial charge in [-0.05, 0) is 27.2 Å². The summed E-state index contributed by atoms with van der Waals surface area (Å²) >= 11 is 0. The van der Waals surface area contributed by atoms with Gasteiger partial charge in [0.1, 0.15) is 0 Å². The molecule has 1 unspecified atom stereocenters. The zero-order valence-electron chi connectivity index (χ0n) is 17.3. The third-order valence-electron chi connectivity index (χ3n) is 5.84. The molecular formula is C19H38IN5O2. The lowest BCUT2D eigenvalue weighted by molar-refractivity contribution is -0.00689. The Morgan fingerprint density at radius 2 is 1.67 bits per heavy atom. The van der Waals surface area contributed by atoms with E-state index in [1.807, 2.05) is 0 Å². The molecule has 3 aliphatic rings. The smallest absolute Gasteiger partial charge is 0.194 e. The van der Waals surface area contributed by atoms with Gasteiger partial charge in [0, 0.05) is 57.4 Å². The molecule has 0 aliphatic carbocycles. The molecule has 0 spiro atoms. The number of morpholine rings is 2. The van der Waals surface area contributed by atoms with Crippen LogP contribution in [0, 0.1) is 0 Å². The van der Waals surface area contributed by atoms with Crippen molar-refractivity contribution in [2.45, 2.75) is 38.8 Å². The highest BCUT2D eigenvalue weighted by atomic mass is 127. The van der Waals surface area contributed by atoms with Crippen LogP contribution in [0.3, 0.4) is 0 Å². The van der Waals surface area contributed by atoms with Crippen LogP contribution in [-0.2, 0) is 9.47 Å². The van der Waals surface area contributed by atoms with Crippen molar-refractivity contribution in [3.63, 3.8) is 0 Å². The van der Waals surface area contributed by atoms with Gasteiger partial charge in [0.25, 0.3) is 0 Å². The maximum Gasteiger partial charge on any atom is 0.194 e. The monoisotopic (exact) mass is 495 g/mol. The van der Waals surface area contributed by atoms with Gasteiger partial charge in [0.05, 0.1) is 33.0 Å². The molecule has 7 nitrogen and oxygen atoms in total. The highest BCUT2D eigenvalue weighted by molar-refractivity contribution is 14.0. The summed E-state index contributed by atoms with van der Waals surface area (Å²) in [7, 11) is 0. The van der Waals surface area contributed by atoms with Crippen LogP contribution in [0.15, 0.2) is 4.99 Å². The Bertz CT molecular complexity index is 465. The summed E-state index contributed by atoms with van der Waals surface area (Å²) in [5.41, 5.74) is 0.0633. The van der Waals surface area contributed by atoms with Crippen molar-refractivity contribution in [2.24, 2.45) is 4.99 Å². The molecule has 158 valence electrons. The molecule has 3 heterocycles. The van der Waals surface area contributed by atoms with E-state index < -0.39 is 0 Å². The van der Waals surface area contributed by atoms with E-state index in [1.165, 1.54) is 6.42 Å². The Kier molecular flexibility index (Phi) is 9.54. The molecule has 0 saturated carbocycles. The van der Waals surface area contributed by atoms with Crippen LogP contribution in [-0.4, -0.2) is 111 Å². The molecule has 3 aliphatic heterocycles. The van der Waals surface area contributed by atoms with Crippen molar-refractivity contribution >= 4 is 29.9 Å². The Morgan fingerprint density at radius 1 is 1.04 bits per heavy atom. The molecule has 0 bridgehead atoms.